The van der Waals surface area contributed by atoms with Gasteiger partial charge in [-0.3, -0.25) is 15.1 Å². The van der Waals surface area contributed by atoms with Crippen LogP contribution in [-0.2, 0) is 4.74 Å². The van der Waals surface area contributed by atoms with Gasteiger partial charge in [0.15, 0.2) is 5.69 Å². The van der Waals surface area contributed by atoms with E-state index in [1.54, 1.807) is 26.0 Å². The Bertz CT molecular complexity index is 1320. The minimum absolute atomic E-state index is 0.0604. The molecule has 2 aromatic heterocycles. The van der Waals surface area contributed by atoms with Gasteiger partial charge in [0.2, 0.25) is 0 Å². The van der Waals surface area contributed by atoms with E-state index >= 15 is 0 Å². The van der Waals surface area contributed by atoms with Crippen molar-refractivity contribution in [3.8, 4) is 16.9 Å². The van der Waals surface area contributed by atoms with Crippen LogP contribution in [0, 0.1) is 22.9 Å². The molecule has 0 aliphatic rings. The predicted octanol–water partition coefficient (Wildman–Crippen LogP) is 4.01. The second-order valence-corrected chi connectivity index (χ2v) is 6.67. The van der Waals surface area contributed by atoms with Crippen LogP contribution in [-0.4, -0.2) is 37.5 Å². The van der Waals surface area contributed by atoms with Crippen molar-refractivity contribution in [1.82, 2.24) is 20.0 Å². The number of ether oxygens (including phenoxy) is 1. The third-order valence-corrected chi connectivity index (χ3v) is 4.60. The fourth-order valence-electron chi connectivity index (χ4n) is 3.27. The van der Waals surface area contributed by atoms with E-state index in [0.717, 1.165) is 0 Å². The highest BCUT2D eigenvalue weighted by atomic mass is 19.1. The number of halogens is 1. The summed E-state index contributed by atoms with van der Waals surface area (Å²) in [6, 6.07) is 11.5. The second kappa shape index (κ2) is 7.90. The first-order chi connectivity index (χ1) is 14.9. The Morgan fingerprint density at radius 3 is 2.61 bits per heavy atom. The molecule has 156 valence electrons. The van der Waals surface area contributed by atoms with Crippen LogP contribution in [0.5, 0.6) is 0 Å². The number of rotatable bonds is 5. The number of non-ortho nitro benzene ring substituents is 1. The van der Waals surface area contributed by atoms with Crippen molar-refractivity contribution in [1.29, 1.82) is 0 Å². The molecule has 0 radical (unpaired) electrons. The summed E-state index contributed by atoms with van der Waals surface area (Å²) in [6.07, 6.45) is 0. The molecule has 4 aromatic rings. The SMILES string of the molecule is CCOC(=O)c1nnn(-c2cc(C)nc3ccc(F)cc23)c1-c1ccc([N+](=O)[O-])cc1. The molecule has 0 fully saturated rings. The Kier molecular flexibility index (Phi) is 5.12. The molecular formula is C21H16FN5O4. The smallest absolute Gasteiger partial charge is 0.361 e. The largest absolute Gasteiger partial charge is 0.461 e. The van der Waals surface area contributed by atoms with Crippen molar-refractivity contribution in [3.05, 3.63) is 75.9 Å². The number of hydrogen-bond donors (Lipinski definition) is 0. The van der Waals surface area contributed by atoms with Gasteiger partial charge in [0, 0.05) is 28.8 Å². The zero-order valence-electron chi connectivity index (χ0n) is 16.6. The number of aromatic nitrogens is 4. The molecule has 31 heavy (non-hydrogen) atoms. The average Bonchev–Trinajstić information content (AvgIpc) is 3.19. The number of esters is 1. The Hall–Kier alpha value is -4.21. The molecule has 0 bridgehead atoms. The van der Waals surface area contributed by atoms with Gasteiger partial charge >= 0.3 is 5.97 Å². The second-order valence-electron chi connectivity index (χ2n) is 6.67. The van der Waals surface area contributed by atoms with Gasteiger partial charge in [0.05, 0.1) is 22.7 Å². The number of nitro groups is 1. The summed E-state index contributed by atoms with van der Waals surface area (Å²) in [5.74, 6) is -1.15. The van der Waals surface area contributed by atoms with Gasteiger partial charge in [-0.05, 0) is 50.2 Å². The summed E-state index contributed by atoms with van der Waals surface area (Å²) in [5, 5.41) is 19.6. The Labute approximate surface area is 175 Å². The first-order valence-electron chi connectivity index (χ1n) is 9.34. The fraction of sp³-hybridized carbons (Fsp3) is 0.143. The van der Waals surface area contributed by atoms with E-state index in [2.05, 4.69) is 15.3 Å². The van der Waals surface area contributed by atoms with Crippen LogP contribution in [0.1, 0.15) is 23.1 Å². The van der Waals surface area contributed by atoms with Crippen LogP contribution >= 0.6 is 0 Å². The quantitative estimate of drug-likeness (QED) is 0.272. The van der Waals surface area contributed by atoms with Crippen molar-refractivity contribution >= 4 is 22.6 Å². The number of hydrogen-bond acceptors (Lipinski definition) is 7. The number of carbonyl (C=O) groups is 1. The summed E-state index contributed by atoms with van der Waals surface area (Å²) in [7, 11) is 0. The number of aryl methyl sites for hydroxylation is 1. The van der Waals surface area contributed by atoms with E-state index in [4.69, 9.17) is 4.74 Å². The Morgan fingerprint density at radius 1 is 1.19 bits per heavy atom. The summed E-state index contributed by atoms with van der Waals surface area (Å²) >= 11 is 0. The van der Waals surface area contributed by atoms with Crippen molar-refractivity contribution in [2.75, 3.05) is 6.61 Å². The lowest BCUT2D eigenvalue weighted by atomic mass is 10.1. The minimum atomic E-state index is -0.691. The maximum atomic E-state index is 14.0. The van der Waals surface area contributed by atoms with Crippen LogP contribution in [0.2, 0.25) is 0 Å². The van der Waals surface area contributed by atoms with Gasteiger partial charge in [-0.15, -0.1) is 5.10 Å². The molecule has 0 aliphatic heterocycles. The van der Waals surface area contributed by atoms with E-state index in [1.165, 1.54) is 41.1 Å². The van der Waals surface area contributed by atoms with Gasteiger partial charge in [-0.2, -0.15) is 0 Å². The maximum Gasteiger partial charge on any atom is 0.361 e. The van der Waals surface area contributed by atoms with Crippen molar-refractivity contribution in [2.45, 2.75) is 13.8 Å². The molecule has 0 amide bonds. The highest BCUT2D eigenvalue weighted by molar-refractivity contribution is 5.96. The summed E-state index contributed by atoms with van der Waals surface area (Å²) in [4.78, 5) is 27.4. The topological polar surface area (TPSA) is 113 Å². The summed E-state index contributed by atoms with van der Waals surface area (Å²) in [6.45, 7) is 3.57. The molecule has 0 saturated heterocycles. The zero-order valence-corrected chi connectivity index (χ0v) is 16.6. The number of carbonyl (C=O) groups excluding carboxylic acids is 1. The zero-order chi connectivity index (χ0) is 22.1. The highest BCUT2D eigenvalue weighted by Crippen LogP contribution is 2.31. The van der Waals surface area contributed by atoms with Crippen LogP contribution in [0.25, 0.3) is 27.8 Å². The number of benzene rings is 2. The van der Waals surface area contributed by atoms with Crippen LogP contribution in [0.3, 0.4) is 0 Å². The van der Waals surface area contributed by atoms with E-state index in [0.29, 0.717) is 27.8 Å². The first-order valence-corrected chi connectivity index (χ1v) is 9.34. The third-order valence-electron chi connectivity index (χ3n) is 4.60. The lowest BCUT2D eigenvalue weighted by Crippen LogP contribution is -2.08. The maximum absolute atomic E-state index is 14.0. The molecule has 4 rings (SSSR count). The number of pyridine rings is 1. The van der Waals surface area contributed by atoms with Crippen LogP contribution in [0.4, 0.5) is 10.1 Å². The lowest BCUT2D eigenvalue weighted by Gasteiger charge is -2.12. The van der Waals surface area contributed by atoms with Gasteiger partial charge in [-0.1, -0.05) is 5.21 Å². The van der Waals surface area contributed by atoms with Gasteiger partial charge in [0.25, 0.3) is 5.69 Å². The molecule has 0 N–H and O–H groups in total. The van der Waals surface area contributed by atoms with Crippen LogP contribution < -0.4 is 0 Å². The predicted molar refractivity (Wildman–Crippen MR) is 109 cm³/mol. The van der Waals surface area contributed by atoms with Crippen LogP contribution in [0.15, 0.2) is 48.5 Å². The molecule has 9 nitrogen and oxygen atoms in total. The van der Waals surface area contributed by atoms with Gasteiger partial charge < -0.3 is 4.74 Å². The number of nitro benzene ring substituents is 1. The first kappa shape index (κ1) is 20.1. The molecule has 2 heterocycles. The fourth-order valence-corrected chi connectivity index (χ4v) is 3.27. The third kappa shape index (κ3) is 3.70. The number of nitrogens with zero attached hydrogens (tertiary/aromatic N) is 5. The monoisotopic (exact) mass is 421 g/mol. The molecule has 10 heteroatoms. The Balaban J connectivity index is 2.00. The van der Waals surface area contributed by atoms with Gasteiger partial charge in [-0.25, -0.2) is 13.9 Å². The number of fused-ring (bicyclic) bond motifs is 1. The van der Waals surface area contributed by atoms with Crippen molar-refractivity contribution < 1.29 is 18.8 Å². The molecule has 0 saturated carbocycles. The molecule has 0 spiro atoms. The van der Waals surface area contributed by atoms with Crippen molar-refractivity contribution in [2.24, 2.45) is 0 Å². The van der Waals surface area contributed by atoms with Gasteiger partial charge in [0.1, 0.15) is 11.5 Å². The molecule has 0 atom stereocenters. The average molecular weight is 421 g/mol. The van der Waals surface area contributed by atoms with E-state index < -0.39 is 16.7 Å². The summed E-state index contributed by atoms with van der Waals surface area (Å²) in [5.41, 5.74) is 2.21. The molecular weight excluding hydrogens is 405 g/mol. The van der Waals surface area contributed by atoms with E-state index in [1.807, 2.05) is 0 Å². The standard InChI is InChI=1S/C21H16FN5O4/c1-3-31-21(28)19-20(13-4-7-15(8-5-13)27(29)30)26(25-24-19)18-10-12(2)23-17-9-6-14(22)11-16(17)18/h4-11H,3H2,1-2H3. The minimum Gasteiger partial charge on any atom is -0.461 e. The Morgan fingerprint density at radius 2 is 1.94 bits per heavy atom. The van der Waals surface area contributed by atoms with E-state index in [-0.39, 0.29) is 23.7 Å². The molecule has 0 unspecified atom stereocenters. The highest BCUT2D eigenvalue weighted by Gasteiger charge is 2.25. The molecule has 0 aliphatic carbocycles. The lowest BCUT2D eigenvalue weighted by molar-refractivity contribution is -0.384. The van der Waals surface area contributed by atoms with Crippen molar-refractivity contribution in [3.63, 3.8) is 0 Å². The summed E-state index contributed by atoms with van der Waals surface area (Å²) < 4.78 is 20.5. The normalized spacial score (nSPS) is 10.9. The molecule has 2 aromatic carbocycles. The van der Waals surface area contributed by atoms with E-state index in [9.17, 15) is 19.3 Å².